The third-order valence-electron chi connectivity index (χ3n) is 2.34. The van der Waals surface area contributed by atoms with Crippen molar-refractivity contribution in [2.75, 3.05) is 13.2 Å². The number of ether oxygens (including phenoxy) is 1. The Labute approximate surface area is 112 Å². The first kappa shape index (κ1) is 14.5. The predicted molar refractivity (Wildman–Crippen MR) is 70.9 cm³/mol. The van der Waals surface area contributed by atoms with Crippen LogP contribution in [0.15, 0.2) is 18.2 Å². The van der Waals surface area contributed by atoms with Gasteiger partial charge in [0.1, 0.15) is 5.78 Å². The van der Waals surface area contributed by atoms with Gasteiger partial charge in [0.15, 0.2) is 0 Å². The van der Waals surface area contributed by atoms with Crippen molar-refractivity contribution < 1.29 is 9.53 Å². The molecule has 0 aliphatic rings. The summed E-state index contributed by atoms with van der Waals surface area (Å²) in [5.74, 6) is 0.161. The van der Waals surface area contributed by atoms with Crippen molar-refractivity contribution in [3.8, 4) is 0 Å². The van der Waals surface area contributed by atoms with Gasteiger partial charge in [-0.1, -0.05) is 23.2 Å². The fourth-order valence-corrected chi connectivity index (χ4v) is 1.87. The molecule has 0 saturated heterocycles. The van der Waals surface area contributed by atoms with Gasteiger partial charge in [0.25, 0.3) is 0 Å². The van der Waals surface area contributed by atoms with E-state index in [1.54, 1.807) is 18.2 Å². The van der Waals surface area contributed by atoms with Crippen molar-refractivity contribution in [1.29, 1.82) is 0 Å². The number of carbonyl (C=O) groups is 1. The van der Waals surface area contributed by atoms with E-state index in [-0.39, 0.29) is 5.78 Å². The molecule has 1 rings (SSSR count). The summed E-state index contributed by atoms with van der Waals surface area (Å²) < 4.78 is 5.18. The first-order valence-electron chi connectivity index (χ1n) is 5.67. The number of rotatable bonds is 7. The van der Waals surface area contributed by atoms with E-state index in [4.69, 9.17) is 27.9 Å². The zero-order valence-corrected chi connectivity index (χ0v) is 11.4. The molecule has 0 fully saturated rings. The van der Waals surface area contributed by atoms with Gasteiger partial charge in [-0.15, -0.1) is 0 Å². The third kappa shape index (κ3) is 5.53. The summed E-state index contributed by atoms with van der Waals surface area (Å²) in [5, 5.41) is 1.19. The molecule has 0 spiro atoms. The highest BCUT2D eigenvalue weighted by Crippen LogP contribution is 2.21. The lowest BCUT2D eigenvalue weighted by Crippen LogP contribution is -2.05. The molecular formula is C13H16Cl2O2. The lowest BCUT2D eigenvalue weighted by Gasteiger charge is -2.05. The van der Waals surface area contributed by atoms with Gasteiger partial charge in [0.05, 0.1) is 0 Å². The Morgan fingerprint density at radius 2 is 2.12 bits per heavy atom. The highest BCUT2D eigenvalue weighted by Gasteiger charge is 2.07. The lowest BCUT2D eigenvalue weighted by atomic mass is 10.1. The zero-order valence-electron chi connectivity index (χ0n) is 9.84. The Balaban J connectivity index is 2.42. The van der Waals surface area contributed by atoms with Crippen LogP contribution >= 0.6 is 23.2 Å². The second-order valence-corrected chi connectivity index (χ2v) is 4.60. The minimum atomic E-state index is 0.161. The average Bonchev–Trinajstić information content (AvgIpc) is 2.29. The highest BCUT2D eigenvalue weighted by molar-refractivity contribution is 6.33. The van der Waals surface area contributed by atoms with Gasteiger partial charge in [-0.25, -0.2) is 0 Å². The fourth-order valence-electron chi connectivity index (χ4n) is 1.50. The maximum absolute atomic E-state index is 11.7. The maximum atomic E-state index is 11.7. The van der Waals surface area contributed by atoms with Gasteiger partial charge in [-0.05, 0) is 37.1 Å². The average molecular weight is 275 g/mol. The van der Waals surface area contributed by atoms with Crippen LogP contribution in [0, 0.1) is 0 Å². The molecule has 1 aromatic rings. The molecule has 0 saturated carbocycles. The van der Waals surface area contributed by atoms with Gasteiger partial charge < -0.3 is 4.74 Å². The van der Waals surface area contributed by atoms with E-state index in [1.807, 2.05) is 6.92 Å². The molecule has 0 aromatic heterocycles. The first-order valence-corrected chi connectivity index (χ1v) is 6.42. The normalized spacial score (nSPS) is 10.5. The predicted octanol–water partition coefficient (Wildman–Crippen LogP) is 3.92. The second-order valence-electron chi connectivity index (χ2n) is 3.75. The lowest BCUT2D eigenvalue weighted by molar-refractivity contribution is -0.118. The van der Waals surface area contributed by atoms with Crippen LogP contribution in [0.25, 0.3) is 0 Å². The number of benzene rings is 1. The molecule has 0 bridgehead atoms. The molecule has 0 N–H and O–H groups in total. The molecule has 0 heterocycles. The van der Waals surface area contributed by atoms with E-state index in [9.17, 15) is 4.79 Å². The Hall–Kier alpha value is -0.570. The molecule has 4 heteroatoms. The van der Waals surface area contributed by atoms with E-state index in [0.717, 1.165) is 12.0 Å². The van der Waals surface area contributed by atoms with Crippen molar-refractivity contribution in [2.24, 2.45) is 0 Å². The Morgan fingerprint density at radius 1 is 1.35 bits per heavy atom. The Bertz CT molecular complexity index is 378. The maximum Gasteiger partial charge on any atom is 0.137 e. The molecule has 0 radical (unpaired) electrons. The Morgan fingerprint density at radius 3 is 2.82 bits per heavy atom. The van der Waals surface area contributed by atoms with Gasteiger partial charge in [0.2, 0.25) is 0 Å². The van der Waals surface area contributed by atoms with Crippen LogP contribution in [0.3, 0.4) is 0 Å². The number of halogens is 2. The number of Topliss-reactive ketones (excluding diaryl/α,β-unsaturated/α-hetero) is 1. The molecule has 0 unspecified atom stereocenters. The second kappa shape index (κ2) is 7.70. The summed E-state index contributed by atoms with van der Waals surface area (Å²) in [4.78, 5) is 11.7. The van der Waals surface area contributed by atoms with Crippen LogP contribution in [0.4, 0.5) is 0 Å². The van der Waals surface area contributed by atoms with Gasteiger partial charge in [-0.3, -0.25) is 4.79 Å². The largest absolute Gasteiger partial charge is 0.382 e. The molecule has 94 valence electrons. The molecular weight excluding hydrogens is 259 g/mol. The third-order valence-corrected chi connectivity index (χ3v) is 2.95. The van der Waals surface area contributed by atoms with Crippen LogP contribution in [0.5, 0.6) is 0 Å². The quantitative estimate of drug-likeness (QED) is 0.705. The van der Waals surface area contributed by atoms with Crippen LogP contribution in [0.2, 0.25) is 10.0 Å². The molecule has 0 aliphatic heterocycles. The molecule has 2 nitrogen and oxygen atoms in total. The standard InChI is InChI=1S/C13H16Cl2O2/c1-2-17-7-3-4-12(16)9-10-8-11(14)5-6-13(10)15/h5-6,8H,2-4,7,9H2,1H3. The van der Waals surface area contributed by atoms with Crippen LogP contribution in [-0.2, 0) is 16.0 Å². The zero-order chi connectivity index (χ0) is 12.7. The molecule has 0 amide bonds. The molecule has 0 atom stereocenters. The van der Waals surface area contributed by atoms with Crippen LogP contribution in [0.1, 0.15) is 25.3 Å². The van der Waals surface area contributed by atoms with Crippen molar-refractivity contribution in [2.45, 2.75) is 26.2 Å². The number of hydrogen-bond donors (Lipinski definition) is 0. The summed E-state index contributed by atoms with van der Waals surface area (Å²) >= 11 is 11.8. The molecule has 1 aromatic carbocycles. The van der Waals surface area contributed by atoms with Gasteiger partial charge >= 0.3 is 0 Å². The fraction of sp³-hybridized carbons (Fsp3) is 0.462. The van der Waals surface area contributed by atoms with E-state index < -0.39 is 0 Å². The van der Waals surface area contributed by atoms with E-state index >= 15 is 0 Å². The van der Waals surface area contributed by atoms with Gasteiger partial charge in [0, 0.05) is 36.1 Å². The molecule has 0 aliphatic carbocycles. The van der Waals surface area contributed by atoms with Crippen LogP contribution < -0.4 is 0 Å². The SMILES string of the molecule is CCOCCCC(=O)Cc1cc(Cl)ccc1Cl. The smallest absolute Gasteiger partial charge is 0.137 e. The summed E-state index contributed by atoms with van der Waals surface area (Å²) in [6.07, 6.45) is 1.61. The van der Waals surface area contributed by atoms with Crippen LogP contribution in [-0.4, -0.2) is 19.0 Å². The minimum absolute atomic E-state index is 0.161. The van der Waals surface area contributed by atoms with E-state index in [2.05, 4.69) is 0 Å². The summed E-state index contributed by atoms with van der Waals surface area (Å²) in [7, 11) is 0. The summed E-state index contributed by atoms with van der Waals surface area (Å²) in [5.41, 5.74) is 0.792. The topological polar surface area (TPSA) is 26.3 Å². The number of hydrogen-bond acceptors (Lipinski definition) is 2. The molecule has 17 heavy (non-hydrogen) atoms. The number of carbonyl (C=O) groups excluding carboxylic acids is 1. The summed E-state index contributed by atoms with van der Waals surface area (Å²) in [6.45, 7) is 3.26. The van der Waals surface area contributed by atoms with Gasteiger partial charge in [-0.2, -0.15) is 0 Å². The van der Waals surface area contributed by atoms with Crippen molar-refractivity contribution in [3.05, 3.63) is 33.8 Å². The van der Waals surface area contributed by atoms with Crippen molar-refractivity contribution in [3.63, 3.8) is 0 Å². The monoisotopic (exact) mass is 274 g/mol. The first-order chi connectivity index (χ1) is 8.13. The summed E-state index contributed by atoms with van der Waals surface area (Å²) in [6, 6.07) is 5.17. The van der Waals surface area contributed by atoms with E-state index in [0.29, 0.717) is 36.1 Å². The Kier molecular flexibility index (Phi) is 6.56. The minimum Gasteiger partial charge on any atom is -0.382 e. The van der Waals surface area contributed by atoms with Crippen molar-refractivity contribution in [1.82, 2.24) is 0 Å². The number of ketones is 1. The highest BCUT2D eigenvalue weighted by atomic mass is 35.5. The van der Waals surface area contributed by atoms with E-state index in [1.165, 1.54) is 0 Å². The van der Waals surface area contributed by atoms with Crippen molar-refractivity contribution >= 4 is 29.0 Å².